The minimum Gasteiger partial charge on any atom is -0.480 e. The van der Waals surface area contributed by atoms with Crippen LogP contribution in [0.3, 0.4) is 0 Å². The zero-order valence-corrected chi connectivity index (χ0v) is 19.9. The third kappa shape index (κ3) is 7.04. The highest BCUT2D eigenvalue weighted by atomic mass is 16.4. The number of amides is 2. The summed E-state index contributed by atoms with van der Waals surface area (Å²) in [6.07, 6.45) is 5.07. The van der Waals surface area contributed by atoms with Crippen LogP contribution in [0, 0.1) is 13.8 Å². The summed E-state index contributed by atoms with van der Waals surface area (Å²) in [7, 11) is 0. The number of anilines is 1. The number of hydrogen-bond donors (Lipinski definition) is 4. The number of rotatable bonds is 11. The van der Waals surface area contributed by atoms with Gasteiger partial charge in [0.05, 0.1) is 0 Å². The first-order valence-corrected chi connectivity index (χ1v) is 11.9. The van der Waals surface area contributed by atoms with Gasteiger partial charge in [0.25, 0.3) is 5.91 Å². The highest BCUT2D eigenvalue weighted by Gasteiger charge is 2.22. The Morgan fingerprint density at radius 1 is 1.12 bits per heavy atom. The highest BCUT2D eigenvalue weighted by molar-refractivity contribution is 5.99. The maximum Gasteiger partial charge on any atom is 0.326 e. The van der Waals surface area contributed by atoms with Crippen molar-refractivity contribution in [3.8, 4) is 0 Å². The van der Waals surface area contributed by atoms with Crippen LogP contribution >= 0.6 is 0 Å². The molecule has 182 valence electrons. The average molecular weight is 467 g/mol. The number of carbonyl (C=O) groups excluding carboxylic acids is 2. The lowest BCUT2D eigenvalue weighted by molar-refractivity contribution is -0.139. The van der Waals surface area contributed by atoms with Gasteiger partial charge >= 0.3 is 5.97 Å². The van der Waals surface area contributed by atoms with Crippen LogP contribution in [-0.4, -0.2) is 47.0 Å². The van der Waals surface area contributed by atoms with Gasteiger partial charge in [-0.15, -0.1) is 0 Å². The van der Waals surface area contributed by atoms with Crippen molar-refractivity contribution in [1.82, 2.24) is 15.6 Å². The van der Waals surface area contributed by atoms with Crippen molar-refractivity contribution in [2.75, 3.05) is 18.4 Å². The SMILES string of the molecule is Cc1cccc(C)c1C(=O)NC(CCNC(=O)CCCCc1ccc2c(n1)NCCC2)C(=O)O. The van der Waals surface area contributed by atoms with E-state index in [0.29, 0.717) is 12.0 Å². The van der Waals surface area contributed by atoms with Crippen molar-refractivity contribution >= 4 is 23.6 Å². The van der Waals surface area contributed by atoms with E-state index in [1.54, 1.807) is 0 Å². The number of nitrogens with zero attached hydrogens (tertiary/aromatic N) is 1. The van der Waals surface area contributed by atoms with Crippen LogP contribution in [0.1, 0.15) is 64.8 Å². The minimum absolute atomic E-state index is 0.115. The van der Waals surface area contributed by atoms with Gasteiger partial charge in [0, 0.05) is 30.8 Å². The number of carbonyl (C=O) groups is 3. The number of unbranched alkanes of at least 4 members (excludes halogenated alkanes) is 1. The molecule has 8 nitrogen and oxygen atoms in total. The van der Waals surface area contributed by atoms with Crippen molar-refractivity contribution in [1.29, 1.82) is 0 Å². The molecule has 1 aliphatic rings. The van der Waals surface area contributed by atoms with Crippen molar-refractivity contribution in [2.24, 2.45) is 0 Å². The summed E-state index contributed by atoms with van der Waals surface area (Å²) in [6.45, 7) is 4.77. The Bertz CT molecular complexity index is 1020. The summed E-state index contributed by atoms with van der Waals surface area (Å²) in [5.41, 5.74) is 4.35. The van der Waals surface area contributed by atoms with Gasteiger partial charge < -0.3 is 21.1 Å². The monoisotopic (exact) mass is 466 g/mol. The smallest absolute Gasteiger partial charge is 0.326 e. The van der Waals surface area contributed by atoms with E-state index in [1.807, 2.05) is 32.0 Å². The first kappa shape index (κ1) is 25.2. The Morgan fingerprint density at radius 3 is 2.62 bits per heavy atom. The molecule has 1 aromatic carbocycles. The lowest BCUT2D eigenvalue weighted by Gasteiger charge is -2.17. The predicted molar refractivity (Wildman–Crippen MR) is 131 cm³/mol. The minimum atomic E-state index is -1.12. The summed E-state index contributed by atoms with van der Waals surface area (Å²) in [4.78, 5) is 41.0. The number of carboxylic acids is 1. The van der Waals surface area contributed by atoms with Crippen LogP contribution < -0.4 is 16.0 Å². The third-order valence-corrected chi connectivity index (χ3v) is 6.11. The van der Waals surface area contributed by atoms with E-state index in [-0.39, 0.29) is 18.9 Å². The summed E-state index contributed by atoms with van der Waals surface area (Å²) < 4.78 is 0. The molecule has 1 aliphatic heterocycles. The molecule has 1 aromatic heterocycles. The van der Waals surface area contributed by atoms with E-state index < -0.39 is 17.9 Å². The third-order valence-electron chi connectivity index (χ3n) is 6.11. The topological polar surface area (TPSA) is 120 Å². The van der Waals surface area contributed by atoms with E-state index in [4.69, 9.17) is 0 Å². The lowest BCUT2D eigenvalue weighted by Crippen LogP contribution is -2.43. The van der Waals surface area contributed by atoms with Crippen LogP contribution in [0.25, 0.3) is 0 Å². The van der Waals surface area contributed by atoms with E-state index in [2.05, 4.69) is 33.1 Å². The zero-order chi connectivity index (χ0) is 24.5. The van der Waals surface area contributed by atoms with E-state index in [9.17, 15) is 19.5 Å². The number of fused-ring (bicyclic) bond motifs is 1. The van der Waals surface area contributed by atoms with Gasteiger partial charge in [0.1, 0.15) is 11.9 Å². The number of aliphatic carboxylic acids is 1. The van der Waals surface area contributed by atoms with Gasteiger partial charge in [0.2, 0.25) is 5.91 Å². The van der Waals surface area contributed by atoms with Crippen LogP contribution in [-0.2, 0) is 22.4 Å². The van der Waals surface area contributed by atoms with Crippen LogP contribution in [0.15, 0.2) is 30.3 Å². The van der Waals surface area contributed by atoms with Gasteiger partial charge in [0.15, 0.2) is 0 Å². The van der Waals surface area contributed by atoms with Crippen molar-refractivity contribution in [3.63, 3.8) is 0 Å². The maximum absolute atomic E-state index is 12.6. The van der Waals surface area contributed by atoms with E-state index in [0.717, 1.165) is 61.3 Å². The van der Waals surface area contributed by atoms with Gasteiger partial charge in [-0.1, -0.05) is 24.3 Å². The quantitative estimate of drug-likeness (QED) is 0.378. The summed E-state index contributed by atoms with van der Waals surface area (Å²) in [5.74, 6) is -0.675. The van der Waals surface area contributed by atoms with E-state index >= 15 is 0 Å². The van der Waals surface area contributed by atoms with Crippen molar-refractivity contribution < 1.29 is 19.5 Å². The number of nitrogens with one attached hydrogen (secondary N) is 3. The first-order valence-electron chi connectivity index (χ1n) is 11.9. The molecule has 0 bridgehead atoms. The number of carboxylic acid groups (broad SMARTS) is 1. The Balaban J connectivity index is 1.37. The van der Waals surface area contributed by atoms with Crippen molar-refractivity contribution in [3.05, 3.63) is 58.3 Å². The fourth-order valence-corrected chi connectivity index (χ4v) is 4.20. The van der Waals surface area contributed by atoms with Crippen LogP contribution in [0.4, 0.5) is 5.82 Å². The summed E-state index contributed by atoms with van der Waals surface area (Å²) in [6, 6.07) is 8.61. The second kappa shape index (κ2) is 12.2. The fourth-order valence-electron chi connectivity index (χ4n) is 4.20. The molecule has 34 heavy (non-hydrogen) atoms. The number of hydrogen-bond acceptors (Lipinski definition) is 5. The molecule has 0 fully saturated rings. The van der Waals surface area contributed by atoms with Crippen LogP contribution in [0.5, 0.6) is 0 Å². The molecule has 0 spiro atoms. The average Bonchev–Trinajstić information content (AvgIpc) is 2.81. The van der Waals surface area contributed by atoms with Gasteiger partial charge in [-0.3, -0.25) is 9.59 Å². The highest BCUT2D eigenvalue weighted by Crippen LogP contribution is 2.20. The molecular weight excluding hydrogens is 432 g/mol. The molecular formula is C26H34N4O4. The standard InChI is InChI=1S/C26H34N4O4/c1-17-7-5-8-18(2)23(17)25(32)30-21(26(33)34)14-16-27-22(31)11-4-3-10-20-13-12-19-9-6-15-28-24(19)29-20/h5,7-8,12-13,21H,3-4,6,9-11,14-16H2,1-2H3,(H,27,31)(H,28,29)(H,30,32)(H,33,34). The largest absolute Gasteiger partial charge is 0.480 e. The van der Waals surface area contributed by atoms with Gasteiger partial charge in [-0.25, -0.2) is 9.78 Å². The molecule has 2 heterocycles. The molecule has 4 N–H and O–H groups in total. The number of pyridine rings is 1. The zero-order valence-electron chi connectivity index (χ0n) is 19.9. The number of aryl methyl sites for hydroxylation is 4. The Kier molecular flexibility index (Phi) is 9.01. The molecule has 0 saturated heterocycles. The molecule has 1 unspecified atom stereocenters. The molecule has 2 aromatic rings. The Labute approximate surface area is 200 Å². The molecule has 1 atom stereocenters. The first-order chi connectivity index (χ1) is 16.3. The van der Waals surface area contributed by atoms with Crippen molar-refractivity contribution in [2.45, 2.75) is 64.8 Å². The predicted octanol–water partition coefficient (Wildman–Crippen LogP) is 3.16. The van der Waals surface area contributed by atoms with Crippen LogP contribution in [0.2, 0.25) is 0 Å². The normalized spacial score (nSPS) is 13.4. The molecule has 0 radical (unpaired) electrons. The second-order valence-corrected chi connectivity index (χ2v) is 8.82. The molecule has 0 aliphatic carbocycles. The van der Waals surface area contributed by atoms with Gasteiger partial charge in [-0.2, -0.15) is 0 Å². The molecule has 8 heteroatoms. The Hall–Kier alpha value is -3.42. The molecule has 0 saturated carbocycles. The van der Waals surface area contributed by atoms with E-state index in [1.165, 1.54) is 5.56 Å². The van der Waals surface area contributed by atoms with Gasteiger partial charge in [-0.05, 0) is 75.1 Å². The Morgan fingerprint density at radius 2 is 1.88 bits per heavy atom. The summed E-state index contributed by atoms with van der Waals surface area (Å²) >= 11 is 0. The number of benzene rings is 1. The number of aromatic nitrogens is 1. The second-order valence-electron chi connectivity index (χ2n) is 8.82. The molecule has 3 rings (SSSR count). The molecule has 2 amide bonds. The lowest BCUT2D eigenvalue weighted by atomic mass is 10.0. The maximum atomic E-state index is 12.6. The summed E-state index contributed by atoms with van der Waals surface area (Å²) in [5, 5.41) is 18.2. The fraction of sp³-hybridized carbons (Fsp3) is 0.462.